The number of amides is 1. The highest BCUT2D eigenvalue weighted by Crippen LogP contribution is 2.40. The van der Waals surface area contributed by atoms with Gasteiger partial charge in [0, 0.05) is 32.7 Å². The molecule has 0 radical (unpaired) electrons. The Morgan fingerprint density at radius 1 is 1.26 bits per heavy atom. The third kappa shape index (κ3) is 4.47. The van der Waals surface area contributed by atoms with Crippen molar-refractivity contribution >= 4 is 17.5 Å². The molecule has 0 aromatic heterocycles. The van der Waals surface area contributed by atoms with Gasteiger partial charge in [-0.2, -0.15) is 0 Å². The summed E-state index contributed by atoms with van der Waals surface area (Å²) < 4.78 is 19.4. The number of halogens is 2. The fourth-order valence-electron chi connectivity index (χ4n) is 4.79. The molecule has 6 heteroatoms. The van der Waals surface area contributed by atoms with E-state index < -0.39 is 0 Å². The third-order valence-corrected chi connectivity index (χ3v) is 6.81. The van der Waals surface area contributed by atoms with E-state index >= 15 is 0 Å². The normalized spacial score (nSPS) is 26.1. The Balaban J connectivity index is 1.33. The molecule has 1 atom stereocenters. The van der Waals surface area contributed by atoms with Crippen LogP contribution in [0.1, 0.15) is 44.1 Å². The minimum atomic E-state index is -0.349. The quantitative estimate of drug-likeness (QED) is 0.777. The predicted octanol–water partition coefficient (Wildman–Crippen LogP) is 3.86. The van der Waals surface area contributed by atoms with Gasteiger partial charge in [-0.25, -0.2) is 4.39 Å². The summed E-state index contributed by atoms with van der Waals surface area (Å²) in [7, 11) is 0. The number of hydrogen-bond donors (Lipinski definition) is 0. The van der Waals surface area contributed by atoms with Gasteiger partial charge in [0.1, 0.15) is 5.82 Å². The monoisotopic (exact) mass is 394 g/mol. The minimum Gasteiger partial charge on any atom is -0.376 e. The maximum atomic E-state index is 13.7. The number of nitrogens with zero attached hydrogens (tertiary/aromatic N) is 2. The Bertz CT molecular complexity index is 685. The summed E-state index contributed by atoms with van der Waals surface area (Å²) in [5, 5.41) is 0.176. The largest absolute Gasteiger partial charge is 0.376 e. The van der Waals surface area contributed by atoms with Gasteiger partial charge in [-0.05, 0) is 68.3 Å². The van der Waals surface area contributed by atoms with Crippen LogP contribution >= 0.6 is 11.6 Å². The van der Waals surface area contributed by atoms with Crippen molar-refractivity contribution in [3.8, 4) is 0 Å². The van der Waals surface area contributed by atoms with Crippen molar-refractivity contribution < 1.29 is 13.9 Å². The minimum absolute atomic E-state index is 0.176. The first-order valence-corrected chi connectivity index (χ1v) is 10.5. The summed E-state index contributed by atoms with van der Waals surface area (Å²) in [6.07, 6.45) is 6.26. The first kappa shape index (κ1) is 19.2. The maximum Gasteiger partial charge on any atom is 0.222 e. The third-order valence-electron chi connectivity index (χ3n) is 6.50. The highest BCUT2D eigenvalue weighted by molar-refractivity contribution is 6.30. The van der Waals surface area contributed by atoms with Gasteiger partial charge in [0.25, 0.3) is 0 Å². The lowest BCUT2D eigenvalue weighted by Crippen LogP contribution is -2.52. The van der Waals surface area contributed by atoms with Gasteiger partial charge >= 0.3 is 0 Å². The highest BCUT2D eigenvalue weighted by atomic mass is 35.5. The summed E-state index contributed by atoms with van der Waals surface area (Å²) in [4.78, 5) is 16.8. The molecule has 3 saturated heterocycles. The second-order valence-electron chi connectivity index (χ2n) is 8.43. The van der Waals surface area contributed by atoms with Crippen LogP contribution in [0.15, 0.2) is 18.2 Å². The van der Waals surface area contributed by atoms with Crippen LogP contribution in [0, 0.1) is 11.2 Å². The van der Waals surface area contributed by atoms with E-state index in [1.165, 1.54) is 6.07 Å². The lowest BCUT2D eigenvalue weighted by molar-refractivity contribution is -0.141. The van der Waals surface area contributed by atoms with E-state index in [0.717, 1.165) is 77.0 Å². The van der Waals surface area contributed by atoms with Crippen LogP contribution in [0.2, 0.25) is 5.02 Å². The van der Waals surface area contributed by atoms with E-state index in [1.54, 1.807) is 6.07 Å². The summed E-state index contributed by atoms with van der Waals surface area (Å²) in [6, 6.07) is 5.07. The van der Waals surface area contributed by atoms with E-state index in [4.69, 9.17) is 16.3 Å². The van der Waals surface area contributed by atoms with Gasteiger partial charge < -0.3 is 9.64 Å². The topological polar surface area (TPSA) is 32.8 Å². The van der Waals surface area contributed by atoms with Gasteiger partial charge in [-0.1, -0.05) is 17.7 Å². The summed E-state index contributed by atoms with van der Waals surface area (Å²) >= 11 is 5.78. The number of hydrogen-bond acceptors (Lipinski definition) is 3. The zero-order valence-electron chi connectivity index (χ0n) is 15.8. The van der Waals surface area contributed by atoms with Crippen LogP contribution in [-0.2, 0) is 16.1 Å². The van der Waals surface area contributed by atoms with Gasteiger partial charge in [0.2, 0.25) is 5.91 Å². The SMILES string of the molecule is O=C1CCC2(CCN(Cc3ccc(Cl)c(F)c3)CC2)CN1C[C@H]1CCCO1. The number of carbonyl (C=O) groups excluding carboxylic acids is 1. The number of ether oxygens (including phenoxy) is 1. The molecule has 1 aromatic rings. The van der Waals surface area contributed by atoms with Crippen molar-refractivity contribution in [1.29, 1.82) is 0 Å². The van der Waals surface area contributed by atoms with Crippen LogP contribution in [0.4, 0.5) is 4.39 Å². The molecule has 27 heavy (non-hydrogen) atoms. The number of benzene rings is 1. The Hall–Kier alpha value is -1.17. The number of rotatable bonds is 4. The Morgan fingerprint density at radius 3 is 2.78 bits per heavy atom. The van der Waals surface area contributed by atoms with Crippen LogP contribution in [0.25, 0.3) is 0 Å². The molecule has 0 bridgehead atoms. The Kier molecular flexibility index (Phi) is 5.72. The molecular formula is C21H28ClFN2O2. The van der Waals surface area contributed by atoms with Crippen molar-refractivity contribution in [3.05, 3.63) is 34.6 Å². The Labute approximate surface area is 165 Å². The summed E-state index contributed by atoms with van der Waals surface area (Å²) in [5.41, 5.74) is 1.21. The van der Waals surface area contributed by atoms with Crippen LogP contribution in [0.5, 0.6) is 0 Å². The Morgan fingerprint density at radius 2 is 2.07 bits per heavy atom. The standard InChI is InChI=1S/C21H28ClFN2O2/c22-18-4-3-16(12-19(18)23)13-24-9-7-21(8-10-24)6-5-20(26)25(15-21)14-17-2-1-11-27-17/h3-4,12,17H,1-2,5-11,13-15H2/t17-/m1/s1. The van der Waals surface area contributed by atoms with Crippen molar-refractivity contribution in [2.24, 2.45) is 5.41 Å². The smallest absolute Gasteiger partial charge is 0.222 e. The molecule has 3 aliphatic heterocycles. The molecule has 0 N–H and O–H groups in total. The van der Waals surface area contributed by atoms with E-state index in [2.05, 4.69) is 9.80 Å². The summed E-state index contributed by atoms with van der Waals surface area (Å²) in [6.45, 7) is 5.20. The first-order chi connectivity index (χ1) is 13.0. The fraction of sp³-hybridized carbons (Fsp3) is 0.667. The van der Waals surface area contributed by atoms with Crippen molar-refractivity contribution in [3.63, 3.8) is 0 Å². The zero-order valence-corrected chi connectivity index (χ0v) is 16.5. The van der Waals surface area contributed by atoms with Gasteiger partial charge in [-0.15, -0.1) is 0 Å². The fourth-order valence-corrected chi connectivity index (χ4v) is 4.91. The average molecular weight is 395 g/mol. The molecule has 1 aromatic carbocycles. The van der Waals surface area contributed by atoms with Gasteiger partial charge in [0.05, 0.1) is 11.1 Å². The molecule has 3 heterocycles. The lowest BCUT2D eigenvalue weighted by Gasteiger charge is -2.48. The van der Waals surface area contributed by atoms with Crippen LogP contribution in [0.3, 0.4) is 0 Å². The van der Waals surface area contributed by atoms with Gasteiger partial charge in [0.15, 0.2) is 0 Å². The molecule has 0 aliphatic carbocycles. The number of piperidine rings is 2. The van der Waals surface area contributed by atoms with Crippen molar-refractivity contribution in [2.45, 2.75) is 51.2 Å². The molecule has 1 amide bonds. The molecular weight excluding hydrogens is 367 g/mol. The van der Waals surface area contributed by atoms with E-state index in [1.807, 2.05) is 6.07 Å². The maximum absolute atomic E-state index is 13.7. The second kappa shape index (κ2) is 8.06. The number of likely N-dealkylation sites (tertiary alicyclic amines) is 2. The molecule has 148 valence electrons. The highest BCUT2D eigenvalue weighted by Gasteiger charge is 2.41. The molecule has 0 saturated carbocycles. The van der Waals surface area contributed by atoms with Crippen molar-refractivity contribution in [1.82, 2.24) is 9.80 Å². The van der Waals surface area contributed by atoms with Crippen LogP contribution in [-0.4, -0.2) is 54.6 Å². The lowest BCUT2D eigenvalue weighted by atomic mass is 9.72. The predicted molar refractivity (Wildman–Crippen MR) is 103 cm³/mol. The first-order valence-electron chi connectivity index (χ1n) is 10.1. The van der Waals surface area contributed by atoms with Crippen molar-refractivity contribution in [2.75, 3.05) is 32.8 Å². The van der Waals surface area contributed by atoms with Gasteiger partial charge in [-0.3, -0.25) is 9.69 Å². The van der Waals surface area contributed by atoms with E-state index in [-0.39, 0.29) is 28.3 Å². The molecule has 1 spiro atoms. The molecule has 4 rings (SSSR count). The van der Waals surface area contributed by atoms with Crippen LogP contribution < -0.4 is 0 Å². The molecule has 4 nitrogen and oxygen atoms in total. The average Bonchev–Trinajstić information content (AvgIpc) is 3.17. The summed E-state index contributed by atoms with van der Waals surface area (Å²) in [5.74, 6) is -0.0617. The molecule has 3 fully saturated rings. The van der Waals surface area contributed by atoms with E-state index in [0.29, 0.717) is 6.42 Å². The second-order valence-corrected chi connectivity index (χ2v) is 8.84. The molecule has 0 unspecified atom stereocenters. The number of carbonyl (C=O) groups is 1. The molecule has 3 aliphatic rings. The zero-order chi connectivity index (χ0) is 18.9. The van der Waals surface area contributed by atoms with E-state index in [9.17, 15) is 9.18 Å².